The van der Waals surface area contributed by atoms with Gasteiger partial charge >= 0.3 is 0 Å². The van der Waals surface area contributed by atoms with Crippen LogP contribution in [-0.4, -0.2) is 26.0 Å². The maximum atomic E-state index is 13.4. The molecule has 1 aromatic heterocycles. The van der Waals surface area contributed by atoms with Crippen LogP contribution in [0.5, 0.6) is 5.75 Å². The van der Waals surface area contributed by atoms with Crippen LogP contribution in [0.4, 0.5) is 5.69 Å². The Morgan fingerprint density at radius 2 is 1.79 bits per heavy atom. The van der Waals surface area contributed by atoms with E-state index >= 15 is 0 Å². The Hall–Kier alpha value is -3.49. The zero-order valence-corrected chi connectivity index (χ0v) is 19.9. The first-order valence-corrected chi connectivity index (χ1v) is 12.0. The number of para-hydroxylation sites is 1. The molecule has 1 amide bonds. The Labute approximate surface area is 206 Å². The minimum atomic E-state index is -0.486. The van der Waals surface area contributed by atoms with E-state index in [1.807, 2.05) is 79.7 Å². The minimum Gasteiger partial charge on any atom is -0.486 e. The van der Waals surface area contributed by atoms with E-state index in [2.05, 4.69) is 20.9 Å². The number of carbonyl (C=O) groups excluding carboxylic acids is 1. The van der Waals surface area contributed by atoms with Crippen molar-refractivity contribution in [3.8, 4) is 5.75 Å². The van der Waals surface area contributed by atoms with Crippen molar-refractivity contribution >= 4 is 35.0 Å². The van der Waals surface area contributed by atoms with Gasteiger partial charge in [0.2, 0.25) is 11.1 Å². The zero-order valence-electron chi connectivity index (χ0n) is 18.3. The van der Waals surface area contributed by atoms with Crippen LogP contribution < -0.4 is 15.5 Å². The number of hydrogen-bond donors (Lipinski definition) is 2. The van der Waals surface area contributed by atoms with Gasteiger partial charge < -0.3 is 15.5 Å². The molecule has 2 N–H and O–H groups in total. The van der Waals surface area contributed by atoms with Crippen LogP contribution in [0, 0.1) is 6.92 Å². The molecule has 0 saturated carbocycles. The summed E-state index contributed by atoms with van der Waals surface area (Å²) >= 11 is 7.62. The van der Waals surface area contributed by atoms with Crippen molar-refractivity contribution in [2.45, 2.75) is 30.0 Å². The quantitative estimate of drug-likeness (QED) is 0.385. The summed E-state index contributed by atoms with van der Waals surface area (Å²) in [5.41, 5.74) is 5.94. The highest BCUT2D eigenvalue weighted by Crippen LogP contribution is 2.38. The molecule has 172 valence electrons. The Balaban J connectivity index is 1.42. The topological polar surface area (TPSA) is 81.1 Å². The van der Waals surface area contributed by atoms with Crippen molar-refractivity contribution in [2.75, 3.05) is 10.7 Å². The number of ether oxygens (including phenoxy) is 1. The number of aromatic nitrogens is 3. The van der Waals surface area contributed by atoms with Gasteiger partial charge in [-0.2, -0.15) is 0 Å². The molecule has 0 aliphatic carbocycles. The molecule has 0 spiro atoms. The predicted molar refractivity (Wildman–Crippen MR) is 134 cm³/mol. The molecule has 4 aromatic rings. The lowest BCUT2D eigenvalue weighted by atomic mass is 10.0. The van der Waals surface area contributed by atoms with Gasteiger partial charge in [0.15, 0.2) is 5.82 Å². The molecule has 0 fully saturated rings. The van der Waals surface area contributed by atoms with Gasteiger partial charge in [0.25, 0.3) is 0 Å². The summed E-state index contributed by atoms with van der Waals surface area (Å²) in [4.78, 5) is 13.4. The summed E-state index contributed by atoms with van der Waals surface area (Å²) in [5.74, 6) is 1.22. The molecule has 9 heteroatoms. The molecule has 1 aliphatic rings. The number of fused-ring (bicyclic) bond motifs is 1. The lowest BCUT2D eigenvalue weighted by molar-refractivity contribution is -0.116. The number of amides is 1. The average molecular weight is 492 g/mol. The van der Waals surface area contributed by atoms with E-state index in [1.54, 1.807) is 10.7 Å². The molecule has 0 radical (unpaired) electrons. The number of hydrogen-bond acceptors (Lipinski definition) is 6. The number of rotatable bonds is 6. The molecule has 5 rings (SSSR count). The van der Waals surface area contributed by atoms with Crippen LogP contribution in [0.1, 0.15) is 23.0 Å². The number of thioether (sulfide) groups is 1. The molecule has 1 aliphatic heterocycles. The number of anilines is 1. The van der Waals surface area contributed by atoms with E-state index in [-0.39, 0.29) is 18.6 Å². The summed E-state index contributed by atoms with van der Waals surface area (Å²) in [6.07, 6.45) is 0. The molecule has 2 heterocycles. The summed E-state index contributed by atoms with van der Waals surface area (Å²) in [6.45, 7) is 2.12. The highest BCUT2D eigenvalue weighted by atomic mass is 35.5. The van der Waals surface area contributed by atoms with Gasteiger partial charge in [0, 0.05) is 10.7 Å². The van der Waals surface area contributed by atoms with Gasteiger partial charge in [-0.15, -0.1) is 10.2 Å². The number of benzene rings is 3. The number of nitrogens with one attached hydrogen (secondary N) is 2. The number of nitrogens with zero attached hydrogens (tertiary/aromatic N) is 3. The van der Waals surface area contributed by atoms with E-state index in [0.29, 0.717) is 21.7 Å². The van der Waals surface area contributed by atoms with E-state index in [1.165, 1.54) is 11.8 Å². The predicted octanol–water partition coefficient (Wildman–Crippen LogP) is 5.22. The van der Waals surface area contributed by atoms with Gasteiger partial charge in [0.1, 0.15) is 17.6 Å². The molecule has 0 saturated heterocycles. The third-order valence-corrected chi connectivity index (χ3v) is 7.18. The van der Waals surface area contributed by atoms with Gasteiger partial charge in [0.05, 0.1) is 6.04 Å². The summed E-state index contributed by atoms with van der Waals surface area (Å²) in [7, 11) is 0. The highest BCUT2D eigenvalue weighted by molar-refractivity contribution is 8.00. The molecular weight excluding hydrogens is 470 g/mol. The molecular formula is C25H22ClN5O2S. The SMILES string of the molecule is Cc1c(Cl)cccc1NC(=O)[C@H]1Sc2nnc(COc3ccccc3)n2N[C@H]1c1ccccc1. The third-order valence-electron chi connectivity index (χ3n) is 5.56. The van der Waals surface area contributed by atoms with Crippen molar-refractivity contribution in [1.82, 2.24) is 14.9 Å². The fourth-order valence-corrected chi connectivity index (χ4v) is 4.99. The third kappa shape index (κ3) is 4.60. The lowest BCUT2D eigenvalue weighted by Gasteiger charge is -2.33. The Kier molecular flexibility index (Phi) is 6.42. The first-order chi connectivity index (χ1) is 16.6. The monoisotopic (exact) mass is 491 g/mol. The summed E-state index contributed by atoms with van der Waals surface area (Å²) in [6, 6.07) is 24.6. The summed E-state index contributed by atoms with van der Waals surface area (Å²) in [5, 5.41) is 12.4. The van der Waals surface area contributed by atoms with Crippen molar-refractivity contribution in [1.29, 1.82) is 0 Å². The second kappa shape index (κ2) is 9.79. The van der Waals surface area contributed by atoms with Gasteiger partial charge in [-0.1, -0.05) is 78.0 Å². The molecule has 2 atom stereocenters. The minimum absolute atomic E-state index is 0.145. The van der Waals surface area contributed by atoms with E-state index in [9.17, 15) is 4.79 Å². The van der Waals surface area contributed by atoms with Crippen molar-refractivity contribution in [3.63, 3.8) is 0 Å². The lowest BCUT2D eigenvalue weighted by Crippen LogP contribution is -2.41. The van der Waals surface area contributed by atoms with Crippen LogP contribution in [0.3, 0.4) is 0 Å². The Morgan fingerprint density at radius 1 is 1.06 bits per heavy atom. The average Bonchev–Trinajstić information content (AvgIpc) is 3.28. The first-order valence-electron chi connectivity index (χ1n) is 10.8. The maximum absolute atomic E-state index is 13.4. The molecule has 0 bridgehead atoms. The van der Waals surface area contributed by atoms with Crippen LogP contribution in [-0.2, 0) is 11.4 Å². The smallest absolute Gasteiger partial charge is 0.240 e. The van der Waals surface area contributed by atoms with Gasteiger partial charge in [-0.05, 0) is 42.3 Å². The van der Waals surface area contributed by atoms with Crippen LogP contribution in [0.2, 0.25) is 5.02 Å². The molecule has 3 aromatic carbocycles. The number of halogens is 1. The van der Waals surface area contributed by atoms with Crippen LogP contribution >= 0.6 is 23.4 Å². The van der Waals surface area contributed by atoms with Gasteiger partial charge in [-0.25, -0.2) is 4.68 Å². The second-order valence-electron chi connectivity index (χ2n) is 7.79. The van der Waals surface area contributed by atoms with Crippen LogP contribution in [0.15, 0.2) is 84.0 Å². The van der Waals surface area contributed by atoms with Crippen molar-refractivity contribution in [2.24, 2.45) is 0 Å². The van der Waals surface area contributed by atoms with Crippen molar-refractivity contribution in [3.05, 3.63) is 101 Å². The molecule has 0 unspecified atom stereocenters. The van der Waals surface area contributed by atoms with Gasteiger partial charge in [-0.3, -0.25) is 4.79 Å². The number of carbonyl (C=O) groups is 1. The normalized spacial score (nSPS) is 16.9. The van der Waals surface area contributed by atoms with Crippen molar-refractivity contribution < 1.29 is 9.53 Å². The molecule has 7 nitrogen and oxygen atoms in total. The molecule has 34 heavy (non-hydrogen) atoms. The Bertz CT molecular complexity index is 1300. The van der Waals surface area contributed by atoms with Crippen LogP contribution in [0.25, 0.3) is 0 Å². The fourth-order valence-electron chi connectivity index (χ4n) is 3.71. The second-order valence-corrected chi connectivity index (χ2v) is 9.31. The van der Waals surface area contributed by atoms with E-state index < -0.39 is 5.25 Å². The largest absolute Gasteiger partial charge is 0.486 e. The maximum Gasteiger partial charge on any atom is 0.240 e. The van der Waals surface area contributed by atoms with E-state index in [0.717, 1.165) is 16.9 Å². The summed E-state index contributed by atoms with van der Waals surface area (Å²) < 4.78 is 7.68. The zero-order chi connectivity index (χ0) is 23.5. The Morgan fingerprint density at radius 3 is 2.56 bits per heavy atom. The first kappa shape index (κ1) is 22.3. The fraction of sp³-hybridized carbons (Fsp3) is 0.160. The van der Waals surface area contributed by atoms with E-state index in [4.69, 9.17) is 16.3 Å². The highest BCUT2D eigenvalue weighted by Gasteiger charge is 2.38. The standard InChI is InChI=1S/C25H22ClN5O2S/c1-16-19(26)13-8-14-20(16)27-24(32)23-22(17-9-4-2-5-10-17)30-31-21(28-29-25(31)34-23)15-33-18-11-6-3-7-12-18/h2-14,22-23,30H,15H2,1H3,(H,27,32)/t22-,23-/m0/s1.